The number of likely N-dealkylation sites (tertiary alicyclic amines) is 1. The lowest BCUT2D eigenvalue weighted by atomic mass is 9.75. The van der Waals surface area contributed by atoms with Crippen molar-refractivity contribution in [3.63, 3.8) is 0 Å². The van der Waals surface area contributed by atoms with Crippen LogP contribution >= 0.6 is 11.6 Å². The maximum atomic E-state index is 6.47. The normalized spacial score (nSPS) is 25.1. The highest BCUT2D eigenvalue weighted by atomic mass is 35.5. The van der Waals surface area contributed by atoms with Crippen molar-refractivity contribution in [1.82, 2.24) is 19.9 Å². The number of nitrogens with one attached hydrogen (secondary N) is 1. The van der Waals surface area contributed by atoms with Crippen molar-refractivity contribution < 1.29 is 0 Å². The van der Waals surface area contributed by atoms with Gasteiger partial charge in [-0.3, -0.25) is 0 Å². The topological polar surface area (TPSA) is 48.0 Å². The van der Waals surface area contributed by atoms with Crippen LogP contribution in [0.2, 0.25) is 5.15 Å². The van der Waals surface area contributed by atoms with Crippen molar-refractivity contribution in [2.24, 2.45) is 11.8 Å². The smallest absolute Gasteiger partial charge is 0.137 e. The Kier molecular flexibility index (Phi) is 5.89. The highest BCUT2D eigenvalue weighted by Gasteiger charge is 2.31. The molecule has 5 nitrogen and oxygen atoms in total. The molecule has 1 N–H and O–H groups in total. The maximum absolute atomic E-state index is 6.47. The average molecular weight is 438 g/mol. The molecule has 4 heterocycles. The SMILES string of the molecule is CN1CCCC(C2CCC(N(C)c3cc(-c4c[nH]c5ncccc45)cc(Cl)n3)CC2)C1. The minimum Gasteiger partial charge on any atom is -0.357 e. The first kappa shape index (κ1) is 20.8. The standard InChI is InChI=1S/C25H32ClN5/c1-30-12-4-5-18(16-30)17-7-9-20(10-8-17)31(2)24-14-19(13-23(26)29-24)22-15-28-25-21(22)6-3-11-27-25/h3,6,11,13-15,17-18,20H,4-5,7-10,12,16H2,1-2H3,(H,27,28). The van der Waals surface area contributed by atoms with E-state index in [0.29, 0.717) is 11.2 Å². The third-order valence-electron chi connectivity index (χ3n) is 7.52. The molecule has 0 spiro atoms. The fourth-order valence-electron chi connectivity index (χ4n) is 5.75. The summed E-state index contributed by atoms with van der Waals surface area (Å²) >= 11 is 6.47. The molecule has 1 atom stereocenters. The van der Waals surface area contributed by atoms with E-state index in [2.05, 4.69) is 51.0 Å². The molecule has 3 aromatic rings. The molecule has 0 bridgehead atoms. The van der Waals surface area contributed by atoms with E-state index in [9.17, 15) is 0 Å². The molecular weight excluding hydrogens is 406 g/mol. The van der Waals surface area contributed by atoms with Crippen molar-refractivity contribution >= 4 is 28.5 Å². The first-order valence-electron chi connectivity index (χ1n) is 11.6. The molecule has 1 aliphatic heterocycles. The Morgan fingerprint density at radius 1 is 1.13 bits per heavy atom. The number of pyridine rings is 2. The Morgan fingerprint density at radius 2 is 1.97 bits per heavy atom. The summed E-state index contributed by atoms with van der Waals surface area (Å²) < 4.78 is 0. The first-order valence-corrected chi connectivity index (χ1v) is 12.0. The number of hydrogen-bond acceptors (Lipinski definition) is 4. The lowest BCUT2D eigenvalue weighted by Crippen LogP contribution is -2.40. The summed E-state index contributed by atoms with van der Waals surface area (Å²) in [5, 5.41) is 1.65. The van der Waals surface area contributed by atoms with E-state index in [0.717, 1.165) is 39.8 Å². The Labute approximate surface area is 189 Å². The van der Waals surface area contributed by atoms with Crippen molar-refractivity contribution in [3.8, 4) is 11.1 Å². The van der Waals surface area contributed by atoms with Crippen LogP contribution < -0.4 is 4.90 Å². The summed E-state index contributed by atoms with van der Waals surface area (Å²) in [5.41, 5.74) is 3.10. The molecule has 164 valence electrons. The van der Waals surface area contributed by atoms with Gasteiger partial charge in [-0.2, -0.15) is 0 Å². The predicted molar refractivity (Wildman–Crippen MR) is 129 cm³/mol. The third-order valence-corrected chi connectivity index (χ3v) is 7.71. The molecule has 5 rings (SSSR count). The van der Waals surface area contributed by atoms with Gasteiger partial charge in [0.2, 0.25) is 0 Å². The van der Waals surface area contributed by atoms with Gasteiger partial charge in [0.05, 0.1) is 0 Å². The van der Waals surface area contributed by atoms with Crippen LogP contribution in [0.5, 0.6) is 0 Å². The van der Waals surface area contributed by atoms with E-state index < -0.39 is 0 Å². The molecule has 6 heteroatoms. The number of aromatic amines is 1. The summed E-state index contributed by atoms with van der Waals surface area (Å²) in [4.78, 5) is 17.2. The number of nitrogens with zero attached hydrogens (tertiary/aromatic N) is 4. The van der Waals surface area contributed by atoms with E-state index in [1.807, 2.05) is 24.5 Å². The molecule has 2 fully saturated rings. The number of hydrogen-bond donors (Lipinski definition) is 1. The molecule has 1 unspecified atom stereocenters. The minimum atomic E-state index is 0.529. The minimum absolute atomic E-state index is 0.529. The second-order valence-corrected chi connectivity index (χ2v) is 9.87. The van der Waals surface area contributed by atoms with Gasteiger partial charge in [-0.25, -0.2) is 9.97 Å². The van der Waals surface area contributed by atoms with Crippen molar-refractivity contribution in [2.75, 3.05) is 32.1 Å². The molecule has 0 aromatic carbocycles. The number of anilines is 1. The zero-order valence-electron chi connectivity index (χ0n) is 18.5. The van der Waals surface area contributed by atoms with Crippen LogP contribution in [-0.2, 0) is 0 Å². The van der Waals surface area contributed by atoms with Crippen LogP contribution in [0.15, 0.2) is 36.7 Å². The molecule has 31 heavy (non-hydrogen) atoms. The van der Waals surface area contributed by atoms with Gasteiger partial charge in [0.25, 0.3) is 0 Å². The van der Waals surface area contributed by atoms with E-state index in [-0.39, 0.29) is 0 Å². The van der Waals surface area contributed by atoms with E-state index in [4.69, 9.17) is 11.6 Å². The number of aromatic nitrogens is 3. The molecule has 2 aliphatic rings. The Bertz CT molecular complexity index is 1040. The first-order chi connectivity index (χ1) is 15.1. The average Bonchev–Trinajstić information content (AvgIpc) is 3.23. The fraction of sp³-hybridized carbons (Fsp3) is 0.520. The van der Waals surface area contributed by atoms with E-state index in [1.54, 1.807) is 0 Å². The molecule has 0 radical (unpaired) electrons. The molecule has 3 aromatic heterocycles. The highest BCUT2D eigenvalue weighted by molar-refractivity contribution is 6.29. The van der Waals surface area contributed by atoms with Crippen molar-refractivity contribution in [3.05, 3.63) is 41.8 Å². The third kappa shape index (κ3) is 4.31. The van der Waals surface area contributed by atoms with E-state index >= 15 is 0 Å². The van der Waals surface area contributed by atoms with E-state index in [1.165, 1.54) is 51.6 Å². The van der Waals surface area contributed by atoms with Crippen LogP contribution in [0.1, 0.15) is 38.5 Å². The van der Waals surface area contributed by atoms with Gasteiger partial charge in [0.15, 0.2) is 0 Å². The van der Waals surface area contributed by atoms with Crippen LogP contribution in [0.25, 0.3) is 22.2 Å². The largest absolute Gasteiger partial charge is 0.357 e. The van der Waals surface area contributed by atoms with Crippen molar-refractivity contribution in [1.29, 1.82) is 0 Å². The zero-order chi connectivity index (χ0) is 21.4. The Morgan fingerprint density at radius 3 is 2.77 bits per heavy atom. The number of H-pyrrole nitrogens is 1. The lowest BCUT2D eigenvalue weighted by Gasteiger charge is -2.41. The van der Waals surface area contributed by atoms with Crippen LogP contribution in [0.4, 0.5) is 5.82 Å². The van der Waals surface area contributed by atoms with Gasteiger partial charge in [-0.15, -0.1) is 0 Å². The summed E-state index contributed by atoms with van der Waals surface area (Å²) in [6.07, 6.45) is 11.7. The number of rotatable bonds is 4. The van der Waals surface area contributed by atoms with Gasteiger partial charge in [-0.1, -0.05) is 11.6 Å². The van der Waals surface area contributed by atoms with Gasteiger partial charge < -0.3 is 14.8 Å². The van der Waals surface area contributed by atoms with Gasteiger partial charge in [0.1, 0.15) is 16.6 Å². The maximum Gasteiger partial charge on any atom is 0.137 e. The number of piperidine rings is 1. The molecule has 1 saturated carbocycles. The predicted octanol–water partition coefficient (Wildman–Crippen LogP) is 5.62. The van der Waals surface area contributed by atoms with Gasteiger partial charge in [0, 0.05) is 43.0 Å². The molecule has 0 amide bonds. The second kappa shape index (κ2) is 8.79. The lowest BCUT2D eigenvalue weighted by molar-refractivity contribution is 0.129. The Hall–Kier alpha value is -2.11. The second-order valence-electron chi connectivity index (χ2n) is 9.48. The van der Waals surface area contributed by atoms with Gasteiger partial charge >= 0.3 is 0 Å². The Balaban J connectivity index is 1.31. The highest BCUT2D eigenvalue weighted by Crippen LogP contribution is 2.38. The molecular formula is C25H32ClN5. The van der Waals surface area contributed by atoms with Crippen LogP contribution in [0, 0.1) is 11.8 Å². The van der Waals surface area contributed by atoms with Crippen LogP contribution in [0.3, 0.4) is 0 Å². The van der Waals surface area contributed by atoms with Crippen molar-refractivity contribution in [2.45, 2.75) is 44.6 Å². The molecule has 1 saturated heterocycles. The quantitative estimate of drug-likeness (QED) is 0.538. The summed E-state index contributed by atoms with van der Waals surface area (Å²) in [6, 6.07) is 8.71. The fourth-order valence-corrected chi connectivity index (χ4v) is 5.96. The monoisotopic (exact) mass is 437 g/mol. The zero-order valence-corrected chi connectivity index (χ0v) is 19.3. The number of fused-ring (bicyclic) bond motifs is 1. The molecule has 1 aliphatic carbocycles. The number of halogens is 1. The van der Waals surface area contributed by atoms with Gasteiger partial charge in [-0.05, 0) is 93.8 Å². The summed E-state index contributed by atoms with van der Waals surface area (Å²) in [7, 11) is 4.45. The summed E-state index contributed by atoms with van der Waals surface area (Å²) in [6.45, 7) is 2.55. The summed E-state index contributed by atoms with van der Waals surface area (Å²) in [5.74, 6) is 2.73. The van der Waals surface area contributed by atoms with Crippen LogP contribution in [-0.4, -0.2) is 53.1 Å².